The maximum absolute atomic E-state index is 3.99. The molecule has 0 bridgehead atoms. The van der Waals surface area contributed by atoms with Crippen LogP contribution in [0.25, 0.3) is 6.08 Å². The topological polar surface area (TPSA) is 0 Å². The molecule has 0 saturated heterocycles. The first-order valence-electron chi connectivity index (χ1n) is 6.28. The van der Waals surface area contributed by atoms with Crippen molar-refractivity contribution in [3.63, 3.8) is 0 Å². The molecule has 0 N–H and O–H groups in total. The third kappa shape index (κ3) is 3.24. The van der Waals surface area contributed by atoms with E-state index in [4.69, 9.17) is 0 Å². The van der Waals surface area contributed by atoms with Crippen molar-refractivity contribution in [1.82, 2.24) is 0 Å². The van der Waals surface area contributed by atoms with Crippen LogP contribution in [0.15, 0.2) is 77.8 Å². The molecule has 19 heavy (non-hydrogen) atoms. The minimum Gasteiger partial charge on any atom is -0.102 e. The Morgan fingerprint density at radius 2 is 1.63 bits per heavy atom. The van der Waals surface area contributed by atoms with Crippen molar-refractivity contribution in [3.8, 4) is 0 Å². The number of rotatable bonds is 4. The highest BCUT2D eigenvalue weighted by Gasteiger charge is 2.21. The fraction of sp³-hybridized carbons (Fsp3) is 0.111. The molecule has 0 aliphatic rings. The van der Waals surface area contributed by atoms with Crippen LogP contribution in [-0.4, -0.2) is 0 Å². The van der Waals surface area contributed by atoms with Crippen molar-refractivity contribution in [2.75, 3.05) is 0 Å². The van der Waals surface area contributed by atoms with Crippen LogP contribution >= 0.6 is 15.9 Å². The van der Waals surface area contributed by atoms with E-state index in [2.05, 4.69) is 71.9 Å². The smallest absolute Gasteiger partial charge is 0.0295 e. The zero-order chi connectivity index (χ0) is 13.7. The van der Waals surface area contributed by atoms with Gasteiger partial charge in [-0.05, 0) is 24.1 Å². The van der Waals surface area contributed by atoms with E-state index in [0.29, 0.717) is 0 Å². The van der Waals surface area contributed by atoms with Crippen LogP contribution in [-0.2, 0) is 5.41 Å². The zero-order valence-electron chi connectivity index (χ0n) is 11.0. The predicted octanol–water partition coefficient (Wildman–Crippen LogP) is 5.61. The van der Waals surface area contributed by atoms with E-state index >= 15 is 0 Å². The second-order valence-corrected chi connectivity index (χ2v) is 5.57. The molecule has 0 unspecified atom stereocenters. The molecular weight excluding hydrogens is 296 g/mol. The Labute approximate surface area is 123 Å². The standard InChI is InChI=1S/C18H17Br/c1-3-18(2,16-11-7-8-12-17(16)19)14-13-15-9-5-4-6-10-15/h3-14H,1H2,2H3/b14-13+/t18-/m1/s1. The molecule has 0 fully saturated rings. The summed E-state index contributed by atoms with van der Waals surface area (Å²) >= 11 is 3.62. The van der Waals surface area contributed by atoms with Gasteiger partial charge in [0.05, 0.1) is 0 Å². The molecule has 0 radical (unpaired) electrons. The van der Waals surface area contributed by atoms with Crippen molar-refractivity contribution < 1.29 is 0 Å². The molecular formula is C18H17Br. The lowest BCUT2D eigenvalue weighted by atomic mass is 9.82. The molecule has 0 aliphatic carbocycles. The molecule has 2 aromatic carbocycles. The van der Waals surface area contributed by atoms with Gasteiger partial charge in [-0.1, -0.05) is 82.7 Å². The average molecular weight is 313 g/mol. The van der Waals surface area contributed by atoms with Crippen LogP contribution in [0.1, 0.15) is 18.1 Å². The van der Waals surface area contributed by atoms with Crippen LogP contribution in [0.4, 0.5) is 0 Å². The molecule has 0 spiro atoms. The maximum Gasteiger partial charge on any atom is 0.0295 e. The second-order valence-electron chi connectivity index (χ2n) is 4.71. The fourth-order valence-corrected chi connectivity index (χ4v) is 2.71. The highest BCUT2D eigenvalue weighted by molar-refractivity contribution is 9.10. The molecule has 1 heteroatoms. The second kappa shape index (κ2) is 6.03. The summed E-state index contributed by atoms with van der Waals surface area (Å²) in [6.45, 7) is 6.16. The summed E-state index contributed by atoms with van der Waals surface area (Å²) in [7, 11) is 0. The van der Waals surface area contributed by atoms with E-state index in [1.165, 1.54) is 11.1 Å². The van der Waals surface area contributed by atoms with Crippen molar-refractivity contribution in [1.29, 1.82) is 0 Å². The van der Waals surface area contributed by atoms with Crippen molar-refractivity contribution in [2.45, 2.75) is 12.3 Å². The van der Waals surface area contributed by atoms with Gasteiger partial charge in [-0.25, -0.2) is 0 Å². The fourth-order valence-electron chi connectivity index (χ4n) is 2.00. The molecule has 0 aromatic heterocycles. The van der Waals surface area contributed by atoms with Crippen molar-refractivity contribution >= 4 is 22.0 Å². The van der Waals surface area contributed by atoms with Gasteiger partial charge in [-0.15, -0.1) is 6.58 Å². The van der Waals surface area contributed by atoms with Gasteiger partial charge in [0.1, 0.15) is 0 Å². The van der Waals surface area contributed by atoms with Gasteiger partial charge in [0, 0.05) is 9.89 Å². The normalized spacial score (nSPS) is 14.2. The Morgan fingerprint density at radius 3 is 2.26 bits per heavy atom. The molecule has 1 atom stereocenters. The summed E-state index contributed by atoms with van der Waals surface area (Å²) in [4.78, 5) is 0. The van der Waals surface area contributed by atoms with E-state index < -0.39 is 0 Å². The third-order valence-electron chi connectivity index (χ3n) is 3.30. The van der Waals surface area contributed by atoms with E-state index in [-0.39, 0.29) is 5.41 Å². The highest BCUT2D eigenvalue weighted by atomic mass is 79.9. The Morgan fingerprint density at radius 1 is 1.00 bits per heavy atom. The monoisotopic (exact) mass is 312 g/mol. The SMILES string of the molecule is C=C[C@](C)(/C=C/c1ccccc1)c1ccccc1Br. The predicted molar refractivity (Wildman–Crippen MR) is 87.2 cm³/mol. The maximum atomic E-state index is 3.99. The van der Waals surface area contributed by atoms with Gasteiger partial charge in [0.15, 0.2) is 0 Å². The highest BCUT2D eigenvalue weighted by Crippen LogP contribution is 2.33. The molecule has 96 valence electrons. The van der Waals surface area contributed by atoms with Gasteiger partial charge < -0.3 is 0 Å². The molecule has 0 amide bonds. The average Bonchev–Trinajstić information content (AvgIpc) is 2.46. The minimum absolute atomic E-state index is 0.185. The Balaban J connectivity index is 2.36. The lowest BCUT2D eigenvalue weighted by Crippen LogP contribution is -2.15. The summed E-state index contributed by atoms with van der Waals surface area (Å²) < 4.78 is 1.11. The molecule has 2 aromatic rings. The number of halogens is 1. The van der Waals surface area contributed by atoms with Gasteiger partial charge in [-0.2, -0.15) is 0 Å². The summed E-state index contributed by atoms with van der Waals surface area (Å²) in [5.74, 6) is 0. The van der Waals surface area contributed by atoms with Gasteiger partial charge in [-0.3, -0.25) is 0 Å². The van der Waals surface area contributed by atoms with Crippen LogP contribution in [0.5, 0.6) is 0 Å². The minimum atomic E-state index is -0.185. The van der Waals surface area contributed by atoms with E-state index in [0.717, 1.165) is 4.47 Å². The largest absolute Gasteiger partial charge is 0.102 e. The van der Waals surface area contributed by atoms with E-state index in [1.807, 2.05) is 30.3 Å². The quantitative estimate of drug-likeness (QED) is 0.644. The van der Waals surface area contributed by atoms with Crippen LogP contribution in [0.2, 0.25) is 0 Å². The van der Waals surface area contributed by atoms with Gasteiger partial charge in [0.25, 0.3) is 0 Å². The first kappa shape index (κ1) is 13.8. The first-order chi connectivity index (χ1) is 9.15. The van der Waals surface area contributed by atoms with Crippen molar-refractivity contribution in [2.24, 2.45) is 0 Å². The summed E-state index contributed by atoms with van der Waals surface area (Å²) in [5.41, 5.74) is 2.23. The summed E-state index contributed by atoms with van der Waals surface area (Å²) in [6, 6.07) is 18.6. The number of hydrogen-bond acceptors (Lipinski definition) is 0. The first-order valence-corrected chi connectivity index (χ1v) is 7.08. The lowest BCUT2D eigenvalue weighted by Gasteiger charge is -2.23. The summed E-state index contributed by atoms with van der Waals surface area (Å²) in [6.07, 6.45) is 6.31. The Hall–Kier alpha value is -1.60. The lowest BCUT2D eigenvalue weighted by molar-refractivity contribution is 0.759. The van der Waals surface area contributed by atoms with E-state index in [1.54, 1.807) is 0 Å². The molecule has 2 rings (SSSR count). The van der Waals surface area contributed by atoms with Gasteiger partial charge in [0.2, 0.25) is 0 Å². The molecule has 0 saturated carbocycles. The Kier molecular flexibility index (Phi) is 4.39. The number of benzene rings is 2. The van der Waals surface area contributed by atoms with E-state index in [9.17, 15) is 0 Å². The molecule has 0 heterocycles. The van der Waals surface area contributed by atoms with Crippen LogP contribution < -0.4 is 0 Å². The molecule has 0 aliphatic heterocycles. The Bertz CT molecular complexity index is 584. The molecule has 0 nitrogen and oxygen atoms in total. The van der Waals surface area contributed by atoms with Crippen LogP contribution in [0.3, 0.4) is 0 Å². The van der Waals surface area contributed by atoms with Gasteiger partial charge >= 0.3 is 0 Å². The van der Waals surface area contributed by atoms with Crippen LogP contribution in [0, 0.1) is 0 Å². The zero-order valence-corrected chi connectivity index (χ0v) is 12.6. The number of hydrogen-bond donors (Lipinski definition) is 0. The summed E-state index contributed by atoms with van der Waals surface area (Å²) in [5, 5.41) is 0. The third-order valence-corrected chi connectivity index (χ3v) is 3.99. The van der Waals surface area contributed by atoms with Crippen molar-refractivity contribution in [3.05, 3.63) is 88.9 Å². The number of allylic oxidation sites excluding steroid dienone is 2.